The zero-order valence-corrected chi connectivity index (χ0v) is 10.4. The molecule has 1 rings (SSSR count). The normalized spacial score (nSPS) is 10.4. The van der Waals surface area contributed by atoms with Gasteiger partial charge in [0.2, 0.25) is 0 Å². The molecule has 17 heavy (non-hydrogen) atoms. The summed E-state index contributed by atoms with van der Waals surface area (Å²) in [5.41, 5.74) is 6.89. The average molecular weight is 239 g/mol. The summed E-state index contributed by atoms with van der Waals surface area (Å²) in [7, 11) is 2.88. The van der Waals surface area contributed by atoms with E-state index in [4.69, 9.17) is 20.3 Å². The van der Waals surface area contributed by atoms with Crippen molar-refractivity contribution in [2.75, 3.05) is 20.0 Å². The van der Waals surface area contributed by atoms with Crippen molar-refractivity contribution in [1.82, 2.24) is 0 Å². The fraction of sp³-hybridized carbons (Fsp3) is 0.417. The Morgan fingerprint density at radius 3 is 2.18 bits per heavy atom. The van der Waals surface area contributed by atoms with Crippen LogP contribution in [0.5, 0.6) is 11.5 Å². The van der Waals surface area contributed by atoms with E-state index in [1.54, 1.807) is 6.07 Å². The lowest BCUT2D eigenvalue weighted by Crippen LogP contribution is -2.08. The maximum Gasteiger partial charge on any atom is 0.339 e. The summed E-state index contributed by atoms with van der Waals surface area (Å²) >= 11 is 0. The fourth-order valence-corrected chi connectivity index (χ4v) is 1.73. The highest BCUT2D eigenvalue weighted by molar-refractivity contribution is 5.95. The largest absolute Gasteiger partial charge is 0.494 e. The van der Waals surface area contributed by atoms with Gasteiger partial charge >= 0.3 is 5.97 Å². The molecule has 3 N–H and O–H groups in total. The molecule has 0 unspecified atom stereocenters. The van der Waals surface area contributed by atoms with Gasteiger partial charge in [-0.2, -0.15) is 0 Å². The van der Waals surface area contributed by atoms with Gasteiger partial charge in [0.05, 0.1) is 14.2 Å². The highest BCUT2D eigenvalue weighted by Gasteiger charge is 2.22. The minimum absolute atomic E-state index is 0.0505. The molecule has 5 heteroatoms. The average Bonchev–Trinajstić information content (AvgIpc) is 2.27. The van der Waals surface area contributed by atoms with Crippen molar-refractivity contribution in [3.63, 3.8) is 0 Å². The van der Waals surface area contributed by atoms with E-state index in [1.165, 1.54) is 14.2 Å². The molecule has 0 radical (unpaired) electrons. The molecular weight excluding hydrogens is 222 g/mol. The van der Waals surface area contributed by atoms with Gasteiger partial charge in [0.15, 0.2) is 5.75 Å². The van der Waals surface area contributed by atoms with E-state index in [1.807, 2.05) is 13.8 Å². The van der Waals surface area contributed by atoms with Gasteiger partial charge in [0.1, 0.15) is 17.0 Å². The Balaban J connectivity index is 3.60. The maximum atomic E-state index is 11.1. The Labute approximate surface area is 100 Å². The van der Waals surface area contributed by atoms with Gasteiger partial charge in [-0.15, -0.1) is 0 Å². The van der Waals surface area contributed by atoms with Crippen molar-refractivity contribution >= 4 is 11.7 Å². The van der Waals surface area contributed by atoms with Crippen LogP contribution in [-0.4, -0.2) is 25.3 Å². The zero-order chi connectivity index (χ0) is 13.2. The molecule has 0 aromatic heterocycles. The number of hydrogen-bond acceptors (Lipinski definition) is 4. The molecular formula is C12H17NO4. The standard InChI is InChI=1S/C12H17NO4/c1-6(2)7-5-8(12(14)15)11(17-4)9(13)10(7)16-3/h5-6H,13H2,1-4H3,(H,14,15). The lowest BCUT2D eigenvalue weighted by Gasteiger charge is -2.18. The molecule has 0 bridgehead atoms. The molecule has 1 aromatic rings. The van der Waals surface area contributed by atoms with Crippen LogP contribution >= 0.6 is 0 Å². The summed E-state index contributed by atoms with van der Waals surface area (Å²) in [6, 6.07) is 1.54. The number of carbonyl (C=O) groups is 1. The Bertz CT molecular complexity index is 441. The number of aromatic carboxylic acids is 1. The lowest BCUT2D eigenvalue weighted by atomic mass is 9.97. The van der Waals surface area contributed by atoms with Crippen LogP contribution in [0.1, 0.15) is 35.7 Å². The third kappa shape index (κ3) is 2.27. The molecule has 0 aliphatic rings. The molecule has 0 saturated carbocycles. The van der Waals surface area contributed by atoms with Crippen LogP contribution in [0.4, 0.5) is 5.69 Å². The number of carboxylic acid groups (broad SMARTS) is 1. The van der Waals surface area contributed by atoms with E-state index >= 15 is 0 Å². The van der Waals surface area contributed by atoms with Crippen LogP contribution in [0.15, 0.2) is 6.07 Å². The number of methoxy groups -OCH3 is 2. The molecule has 5 nitrogen and oxygen atoms in total. The van der Waals surface area contributed by atoms with E-state index in [-0.39, 0.29) is 22.9 Å². The number of benzene rings is 1. The summed E-state index contributed by atoms with van der Waals surface area (Å²) < 4.78 is 10.2. The monoisotopic (exact) mass is 239 g/mol. The summed E-state index contributed by atoms with van der Waals surface area (Å²) in [6.07, 6.45) is 0. The molecule has 0 atom stereocenters. The number of rotatable bonds is 4. The molecule has 94 valence electrons. The van der Waals surface area contributed by atoms with Crippen LogP contribution in [-0.2, 0) is 0 Å². The van der Waals surface area contributed by atoms with E-state index < -0.39 is 5.97 Å². The second-order valence-electron chi connectivity index (χ2n) is 3.95. The molecule has 0 amide bonds. The Hall–Kier alpha value is -1.91. The molecule has 1 aromatic carbocycles. The molecule has 0 spiro atoms. The van der Waals surface area contributed by atoms with E-state index in [2.05, 4.69) is 0 Å². The quantitative estimate of drug-likeness (QED) is 0.786. The number of hydrogen-bond donors (Lipinski definition) is 2. The van der Waals surface area contributed by atoms with Gasteiger partial charge in [-0.3, -0.25) is 0 Å². The topological polar surface area (TPSA) is 81.8 Å². The number of carboxylic acids is 1. The third-order valence-corrected chi connectivity index (χ3v) is 2.56. The Kier molecular flexibility index (Phi) is 3.83. The first-order valence-electron chi connectivity index (χ1n) is 5.21. The first kappa shape index (κ1) is 13.2. The number of nitrogens with two attached hydrogens (primary N) is 1. The number of anilines is 1. The highest BCUT2D eigenvalue weighted by atomic mass is 16.5. The van der Waals surface area contributed by atoms with E-state index in [0.29, 0.717) is 5.75 Å². The Morgan fingerprint density at radius 1 is 1.29 bits per heavy atom. The predicted molar refractivity (Wildman–Crippen MR) is 65.0 cm³/mol. The van der Waals surface area contributed by atoms with Gasteiger partial charge in [0.25, 0.3) is 0 Å². The number of nitrogen functional groups attached to an aromatic ring is 1. The van der Waals surface area contributed by atoms with Gasteiger partial charge in [-0.1, -0.05) is 13.8 Å². The molecule has 0 saturated heterocycles. The van der Waals surface area contributed by atoms with Crippen LogP contribution in [0.25, 0.3) is 0 Å². The summed E-state index contributed by atoms with van der Waals surface area (Å²) in [5, 5.41) is 9.11. The van der Waals surface area contributed by atoms with Crippen LogP contribution in [0, 0.1) is 0 Å². The van der Waals surface area contributed by atoms with Crippen LogP contribution < -0.4 is 15.2 Å². The highest BCUT2D eigenvalue weighted by Crippen LogP contribution is 2.41. The van der Waals surface area contributed by atoms with Gasteiger partial charge < -0.3 is 20.3 Å². The van der Waals surface area contributed by atoms with Crippen molar-refractivity contribution in [3.05, 3.63) is 17.2 Å². The van der Waals surface area contributed by atoms with Gasteiger partial charge in [-0.05, 0) is 17.5 Å². The second-order valence-corrected chi connectivity index (χ2v) is 3.95. The smallest absolute Gasteiger partial charge is 0.339 e. The fourth-order valence-electron chi connectivity index (χ4n) is 1.73. The zero-order valence-electron chi connectivity index (χ0n) is 10.4. The Morgan fingerprint density at radius 2 is 1.82 bits per heavy atom. The SMILES string of the molecule is COc1c(C(=O)O)cc(C(C)C)c(OC)c1N. The van der Waals surface area contributed by atoms with Gasteiger partial charge in [-0.25, -0.2) is 4.79 Å². The lowest BCUT2D eigenvalue weighted by molar-refractivity contribution is 0.0693. The second kappa shape index (κ2) is 4.95. The van der Waals surface area contributed by atoms with Crippen molar-refractivity contribution < 1.29 is 19.4 Å². The molecule has 0 aliphatic heterocycles. The molecule has 0 aliphatic carbocycles. The van der Waals surface area contributed by atoms with Crippen LogP contribution in [0.3, 0.4) is 0 Å². The third-order valence-electron chi connectivity index (χ3n) is 2.56. The minimum Gasteiger partial charge on any atom is -0.494 e. The number of ether oxygens (including phenoxy) is 2. The molecule has 0 fully saturated rings. The van der Waals surface area contributed by atoms with E-state index in [9.17, 15) is 4.79 Å². The summed E-state index contributed by atoms with van der Waals surface area (Å²) in [4.78, 5) is 11.1. The minimum atomic E-state index is -1.07. The van der Waals surface area contributed by atoms with Crippen molar-refractivity contribution in [2.24, 2.45) is 0 Å². The summed E-state index contributed by atoms with van der Waals surface area (Å²) in [5.74, 6) is -0.352. The predicted octanol–water partition coefficient (Wildman–Crippen LogP) is 2.11. The van der Waals surface area contributed by atoms with Crippen LogP contribution in [0.2, 0.25) is 0 Å². The first-order valence-corrected chi connectivity index (χ1v) is 5.21. The van der Waals surface area contributed by atoms with E-state index in [0.717, 1.165) is 5.56 Å². The van der Waals surface area contributed by atoms with Gasteiger partial charge in [0, 0.05) is 0 Å². The molecule has 0 heterocycles. The maximum absolute atomic E-state index is 11.1. The van der Waals surface area contributed by atoms with Crippen molar-refractivity contribution in [1.29, 1.82) is 0 Å². The van der Waals surface area contributed by atoms with Crippen molar-refractivity contribution in [3.8, 4) is 11.5 Å². The summed E-state index contributed by atoms with van der Waals surface area (Å²) in [6.45, 7) is 3.88. The first-order chi connectivity index (χ1) is 7.93. The van der Waals surface area contributed by atoms with Crippen molar-refractivity contribution in [2.45, 2.75) is 19.8 Å².